The number of hydrogen-bond donors (Lipinski definition) is 2. The Morgan fingerprint density at radius 1 is 1.16 bits per heavy atom. The maximum atomic E-state index is 13.1. The van der Waals surface area contributed by atoms with Crippen molar-refractivity contribution in [2.45, 2.75) is 37.5 Å². The fraction of sp³-hybridized carbons (Fsp3) is 0.261. The Kier molecular flexibility index (Phi) is 8.14. The summed E-state index contributed by atoms with van der Waals surface area (Å²) >= 11 is 7.88. The number of nitrogens with one attached hydrogen (secondary N) is 1. The van der Waals surface area contributed by atoms with Gasteiger partial charge in [-0.1, -0.05) is 78.8 Å². The fourth-order valence-corrected chi connectivity index (χ4v) is 4.11. The number of carboxylic acid groups (broad SMARTS) is 1. The molecule has 1 aromatic heterocycles. The van der Waals surface area contributed by atoms with Gasteiger partial charge in [-0.15, -0.1) is 0 Å². The van der Waals surface area contributed by atoms with E-state index >= 15 is 0 Å². The maximum Gasteiger partial charge on any atom is 0.326 e. The summed E-state index contributed by atoms with van der Waals surface area (Å²) in [4.78, 5) is 29.2. The number of carbonyl (C=O) groups is 2. The van der Waals surface area contributed by atoms with Crippen LogP contribution in [0.1, 0.15) is 35.0 Å². The molecule has 31 heavy (non-hydrogen) atoms. The van der Waals surface area contributed by atoms with Gasteiger partial charge in [0.2, 0.25) is 0 Å². The molecule has 6 nitrogen and oxygen atoms in total. The zero-order valence-corrected chi connectivity index (χ0v) is 18.7. The molecule has 0 saturated carbocycles. The van der Waals surface area contributed by atoms with Crippen LogP contribution in [0.25, 0.3) is 0 Å². The summed E-state index contributed by atoms with van der Waals surface area (Å²) in [6.45, 7) is 2.44. The van der Waals surface area contributed by atoms with Crippen molar-refractivity contribution < 1.29 is 14.7 Å². The molecule has 2 N–H and O–H groups in total. The van der Waals surface area contributed by atoms with E-state index in [0.29, 0.717) is 22.4 Å². The average Bonchev–Trinajstić information content (AvgIpc) is 3.16. The van der Waals surface area contributed by atoms with Crippen molar-refractivity contribution in [1.82, 2.24) is 14.9 Å². The monoisotopic (exact) mass is 457 g/mol. The number of nitrogens with zero attached hydrogens (tertiary/aromatic N) is 2. The molecule has 3 rings (SSSR count). The first-order valence-electron chi connectivity index (χ1n) is 9.99. The summed E-state index contributed by atoms with van der Waals surface area (Å²) in [6, 6.07) is 15.6. The highest BCUT2D eigenvalue weighted by Gasteiger charge is 2.24. The van der Waals surface area contributed by atoms with Gasteiger partial charge in [0, 0.05) is 17.2 Å². The molecule has 162 valence electrons. The second kappa shape index (κ2) is 11.0. The van der Waals surface area contributed by atoms with Gasteiger partial charge in [-0.25, -0.2) is 9.78 Å². The average molecular weight is 458 g/mol. The first kappa shape index (κ1) is 22.9. The van der Waals surface area contributed by atoms with Crippen molar-refractivity contribution >= 4 is 35.2 Å². The van der Waals surface area contributed by atoms with Crippen LogP contribution < -0.4 is 5.32 Å². The molecule has 0 spiro atoms. The smallest absolute Gasteiger partial charge is 0.326 e. The van der Waals surface area contributed by atoms with Crippen LogP contribution in [0.4, 0.5) is 0 Å². The summed E-state index contributed by atoms with van der Waals surface area (Å²) in [5.41, 5.74) is 1.99. The Morgan fingerprint density at radius 2 is 1.87 bits per heavy atom. The number of benzene rings is 2. The zero-order valence-electron chi connectivity index (χ0n) is 17.1. The summed E-state index contributed by atoms with van der Waals surface area (Å²) in [5, 5.41) is 13.6. The zero-order chi connectivity index (χ0) is 22.2. The van der Waals surface area contributed by atoms with Crippen LogP contribution in [-0.2, 0) is 17.8 Å². The van der Waals surface area contributed by atoms with Crippen LogP contribution in [0, 0.1) is 0 Å². The van der Waals surface area contributed by atoms with E-state index in [2.05, 4.69) is 17.2 Å². The Morgan fingerprint density at radius 3 is 2.55 bits per heavy atom. The van der Waals surface area contributed by atoms with Gasteiger partial charge in [0.05, 0.1) is 12.7 Å². The number of thioether (sulfide) groups is 1. The van der Waals surface area contributed by atoms with E-state index in [1.54, 1.807) is 22.4 Å². The lowest BCUT2D eigenvalue weighted by atomic mass is 10.1. The van der Waals surface area contributed by atoms with Gasteiger partial charge in [-0.2, -0.15) is 0 Å². The van der Waals surface area contributed by atoms with Gasteiger partial charge in [0.15, 0.2) is 5.16 Å². The molecule has 0 bridgehead atoms. The molecular formula is C23H24ClN3O3S. The number of imidazole rings is 1. The minimum atomic E-state index is -1.09. The van der Waals surface area contributed by atoms with Crippen LogP contribution in [0.15, 0.2) is 66.0 Å². The van der Waals surface area contributed by atoms with Gasteiger partial charge in [-0.05, 0) is 23.6 Å². The van der Waals surface area contributed by atoms with Crippen LogP contribution in [-0.4, -0.2) is 38.3 Å². The second-order valence-electron chi connectivity index (χ2n) is 7.01. The fourth-order valence-electron chi connectivity index (χ4n) is 3.08. The predicted molar refractivity (Wildman–Crippen MR) is 123 cm³/mol. The molecule has 0 aliphatic heterocycles. The number of carbonyl (C=O) groups excluding carboxylic acids is 1. The Balaban J connectivity index is 1.85. The van der Waals surface area contributed by atoms with Crippen molar-refractivity contribution in [3.63, 3.8) is 0 Å². The van der Waals surface area contributed by atoms with Crippen molar-refractivity contribution in [2.75, 3.05) is 5.75 Å². The Bertz CT molecular complexity index is 1040. The van der Waals surface area contributed by atoms with Crippen molar-refractivity contribution in [3.05, 3.63) is 82.6 Å². The van der Waals surface area contributed by atoms with Crippen LogP contribution in [0.5, 0.6) is 0 Å². The molecule has 0 saturated heterocycles. The SMILES string of the molecule is CCCSc1ncc(C(=O)N[C@@H](Cc2ccccc2)C(=O)O)n1Cc1ccccc1Cl. The summed E-state index contributed by atoms with van der Waals surface area (Å²) in [6.07, 6.45) is 2.65. The van der Waals surface area contributed by atoms with E-state index in [1.165, 1.54) is 6.20 Å². The number of aromatic nitrogens is 2. The molecule has 8 heteroatoms. The molecule has 3 aromatic rings. The first-order valence-corrected chi connectivity index (χ1v) is 11.3. The summed E-state index contributed by atoms with van der Waals surface area (Å²) in [7, 11) is 0. The van der Waals surface area contributed by atoms with Gasteiger partial charge < -0.3 is 15.0 Å². The lowest BCUT2D eigenvalue weighted by Gasteiger charge is -2.17. The van der Waals surface area contributed by atoms with Crippen LogP contribution >= 0.6 is 23.4 Å². The molecule has 0 fully saturated rings. The molecule has 1 atom stereocenters. The van der Waals surface area contributed by atoms with E-state index in [9.17, 15) is 14.7 Å². The van der Waals surface area contributed by atoms with Crippen molar-refractivity contribution in [1.29, 1.82) is 0 Å². The van der Waals surface area contributed by atoms with E-state index < -0.39 is 17.9 Å². The van der Waals surface area contributed by atoms with E-state index in [4.69, 9.17) is 11.6 Å². The quantitative estimate of drug-likeness (QED) is 0.437. The van der Waals surface area contributed by atoms with E-state index in [1.807, 2.05) is 48.5 Å². The second-order valence-corrected chi connectivity index (χ2v) is 8.48. The standard InChI is InChI=1S/C23H24ClN3O3S/c1-2-12-31-23-25-14-20(27(23)15-17-10-6-7-11-18(17)24)21(28)26-19(22(29)30)13-16-8-4-3-5-9-16/h3-11,14,19H,2,12-13,15H2,1H3,(H,26,28)(H,29,30)/t19-/m0/s1. The Hall–Kier alpha value is -2.77. The number of carboxylic acids is 1. The highest BCUT2D eigenvalue weighted by atomic mass is 35.5. The summed E-state index contributed by atoms with van der Waals surface area (Å²) in [5.74, 6) is -0.715. The molecule has 1 heterocycles. The maximum absolute atomic E-state index is 13.1. The highest BCUT2D eigenvalue weighted by molar-refractivity contribution is 7.99. The largest absolute Gasteiger partial charge is 0.480 e. The number of amides is 1. The van der Waals surface area contributed by atoms with Crippen LogP contribution in [0.3, 0.4) is 0 Å². The number of halogens is 1. The lowest BCUT2D eigenvalue weighted by Crippen LogP contribution is -2.43. The van der Waals surface area contributed by atoms with E-state index in [-0.39, 0.29) is 6.42 Å². The third kappa shape index (κ3) is 6.12. The third-order valence-electron chi connectivity index (χ3n) is 4.66. The number of hydrogen-bond acceptors (Lipinski definition) is 4. The van der Waals surface area contributed by atoms with Crippen molar-refractivity contribution in [2.24, 2.45) is 0 Å². The lowest BCUT2D eigenvalue weighted by molar-refractivity contribution is -0.139. The van der Waals surface area contributed by atoms with Gasteiger partial charge >= 0.3 is 5.97 Å². The molecule has 0 unspecified atom stereocenters. The predicted octanol–water partition coefficient (Wildman–Crippen LogP) is 4.51. The van der Waals surface area contributed by atoms with Gasteiger partial charge in [0.1, 0.15) is 11.7 Å². The third-order valence-corrected chi connectivity index (χ3v) is 6.22. The molecule has 0 radical (unpaired) electrons. The van der Waals surface area contributed by atoms with Crippen molar-refractivity contribution in [3.8, 4) is 0 Å². The summed E-state index contributed by atoms with van der Waals surface area (Å²) < 4.78 is 1.79. The van der Waals surface area contributed by atoms with Gasteiger partial charge in [-0.3, -0.25) is 4.79 Å². The molecule has 2 aromatic carbocycles. The molecule has 1 amide bonds. The normalized spacial score (nSPS) is 11.8. The Labute approximate surface area is 190 Å². The number of rotatable bonds is 10. The topological polar surface area (TPSA) is 84.2 Å². The minimum absolute atomic E-state index is 0.192. The van der Waals surface area contributed by atoms with E-state index in [0.717, 1.165) is 23.3 Å². The van der Waals surface area contributed by atoms with Crippen LogP contribution in [0.2, 0.25) is 5.02 Å². The molecular weight excluding hydrogens is 434 g/mol. The van der Waals surface area contributed by atoms with Gasteiger partial charge in [0.25, 0.3) is 5.91 Å². The highest BCUT2D eigenvalue weighted by Crippen LogP contribution is 2.24. The molecule has 0 aliphatic rings. The number of aliphatic carboxylic acids is 1. The first-order chi connectivity index (χ1) is 15.0. The minimum Gasteiger partial charge on any atom is -0.480 e. The molecule has 0 aliphatic carbocycles.